The number of hydrogen-bond acceptors (Lipinski definition) is 7. The van der Waals surface area contributed by atoms with E-state index in [9.17, 15) is 19.0 Å². The molecule has 0 saturated heterocycles. The van der Waals surface area contributed by atoms with Gasteiger partial charge in [-0.15, -0.1) is 0 Å². The number of rotatable bonds is 49. The molecular formula is C58H105N2O7P. The van der Waals surface area contributed by atoms with Crippen LogP contribution in [0.1, 0.15) is 233 Å². The second-order valence-electron chi connectivity index (χ2n) is 19.8. The average molecular weight is 973 g/mol. The second-order valence-corrected chi connectivity index (χ2v) is 21.2. The van der Waals surface area contributed by atoms with Gasteiger partial charge in [0.2, 0.25) is 5.91 Å². The molecule has 1 amide bonds. The van der Waals surface area contributed by atoms with Crippen LogP contribution < -0.4 is 10.2 Å². The van der Waals surface area contributed by atoms with Crippen LogP contribution in [-0.4, -0.2) is 69.4 Å². The summed E-state index contributed by atoms with van der Waals surface area (Å²) in [7, 11) is 1.16. The molecule has 0 aromatic heterocycles. The number of amides is 1. The van der Waals surface area contributed by atoms with Gasteiger partial charge in [-0.05, 0) is 76.7 Å². The summed E-state index contributed by atoms with van der Waals surface area (Å²) in [5.41, 5.74) is 0. The van der Waals surface area contributed by atoms with E-state index in [4.69, 9.17) is 13.8 Å². The second kappa shape index (κ2) is 48.1. The van der Waals surface area contributed by atoms with Gasteiger partial charge in [-0.3, -0.25) is 14.2 Å². The van der Waals surface area contributed by atoms with E-state index in [1.165, 1.54) is 89.9 Å². The van der Waals surface area contributed by atoms with Crippen molar-refractivity contribution in [3.05, 3.63) is 72.9 Å². The third kappa shape index (κ3) is 48.5. The number of quaternary nitrogens is 1. The summed E-state index contributed by atoms with van der Waals surface area (Å²) >= 11 is 0. The molecule has 0 aromatic carbocycles. The Morgan fingerprint density at radius 1 is 0.529 bits per heavy atom. The monoisotopic (exact) mass is 973 g/mol. The molecule has 3 unspecified atom stereocenters. The molecular weight excluding hydrogens is 868 g/mol. The molecule has 0 aromatic rings. The van der Waals surface area contributed by atoms with E-state index in [-0.39, 0.29) is 24.9 Å². The smallest absolute Gasteiger partial charge is 0.306 e. The first-order valence-corrected chi connectivity index (χ1v) is 29.3. The highest BCUT2D eigenvalue weighted by molar-refractivity contribution is 7.45. The van der Waals surface area contributed by atoms with Crippen LogP contribution >= 0.6 is 7.82 Å². The van der Waals surface area contributed by atoms with Gasteiger partial charge in [-0.1, -0.05) is 216 Å². The Bertz CT molecular complexity index is 1400. The summed E-state index contributed by atoms with van der Waals surface area (Å²) in [6, 6.07) is -0.900. The van der Waals surface area contributed by atoms with Crippen LogP contribution in [0.25, 0.3) is 0 Å². The van der Waals surface area contributed by atoms with Crippen molar-refractivity contribution in [3.63, 3.8) is 0 Å². The molecule has 0 bridgehead atoms. The van der Waals surface area contributed by atoms with Crippen LogP contribution in [0.3, 0.4) is 0 Å². The Kier molecular flexibility index (Phi) is 46.3. The summed E-state index contributed by atoms with van der Waals surface area (Å²) in [6.45, 7) is 6.65. The molecule has 394 valence electrons. The van der Waals surface area contributed by atoms with Gasteiger partial charge < -0.3 is 28.5 Å². The summed E-state index contributed by atoms with van der Waals surface area (Å²) in [5.74, 6) is -0.572. The zero-order chi connectivity index (χ0) is 50.1. The number of ether oxygens (including phenoxy) is 1. The summed E-state index contributed by atoms with van der Waals surface area (Å²) < 4.78 is 30.2. The fourth-order valence-electron chi connectivity index (χ4n) is 7.63. The minimum atomic E-state index is -4.70. The predicted octanol–water partition coefficient (Wildman–Crippen LogP) is 15.9. The SMILES string of the molecule is CC/C=C/C=C/C=C/CCCCCCCCCC(=O)OC(/C=C/CCCCCCCCCCCC)C(COP(=O)([O-])OCC[N+](C)(C)C)NC(=O)CCCCCCCC/C=C/C=C/CCCCC. The lowest BCUT2D eigenvalue weighted by Gasteiger charge is -2.30. The van der Waals surface area contributed by atoms with Crippen LogP contribution in [-0.2, 0) is 27.9 Å². The molecule has 0 fully saturated rings. The van der Waals surface area contributed by atoms with Crippen LogP contribution in [0.4, 0.5) is 0 Å². The van der Waals surface area contributed by atoms with Crippen molar-refractivity contribution >= 4 is 19.7 Å². The van der Waals surface area contributed by atoms with Crippen LogP contribution in [0.5, 0.6) is 0 Å². The molecule has 0 saturated carbocycles. The van der Waals surface area contributed by atoms with Crippen molar-refractivity contribution in [2.24, 2.45) is 0 Å². The number of phosphoric ester groups is 1. The number of nitrogens with zero attached hydrogens (tertiary/aromatic N) is 1. The van der Waals surface area contributed by atoms with Gasteiger partial charge in [-0.25, -0.2) is 0 Å². The maximum atomic E-state index is 13.5. The molecule has 0 aliphatic heterocycles. The van der Waals surface area contributed by atoms with Crippen LogP contribution in [0.2, 0.25) is 0 Å². The highest BCUT2D eigenvalue weighted by atomic mass is 31.2. The Hall–Kier alpha value is -2.55. The van der Waals surface area contributed by atoms with Gasteiger partial charge in [0.25, 0.3) is 7.82 Å². The third-order valence-corrected chi connectivity index (χ3v) is 12.9. The van der Waals surface area contributed by atoms with Gasteiger partial charge in [0.05, 0.1) is 33.8 Å². The van der Waals surface area contributed by atoms with E-state index in [1.807, 2.05) is 33.3 Å². The predicted molar refractivity (Wildman–Crippen MR) is 288 cm³/mol. The normalized spacial score (nSPS) is 14.4. The van der Waals surface area contributed by atoms with E-state index in [0.29, 0.717) is 23.9 Å². The molecule has 0 aliphatic carbocycles. The maximum absolute atomic E-state index is 13.5. The Morgan fingerprint density at radius 3 is 1.44 bits per heavy atom. The maximum Gasteiger partial charge on any atom is 0.306 e. The number of allylic oxidation sites excluding steroid dienone is 11. The molecule has 0 spiro atoms. The van der Waals surface area contributed by atoms with Crippen molar-refractivity contribution in [2.75, 3.05) is 40.9 Å². The zero-order valence-electron chi connectivity index (χ0n) is 44.8. The molecule has 1 N–H and O–H groups in total. The van der Waals surface area contributed by atoms with Crippen molar-refractivity contribution in [1.29, 1.82) is 0 Å². The Labute approximate surface area is 419 Å². The minimum Gasteiger partial charge on any atom is -0.756 e. The fourth-order valence-corrected chi connectivity index (χ4v) is 8.35. The first-order valence-electron chi connectivity index (χ1n) is 27.8. The van der Waals surface area contributed by atoms with E-state index >= 15 is 0 Å². The lowest BCUT2D eigenvalue weighted by Crippen LogP contribution is -2.47. The van der Waals surface area contributed by atoms with E-state index in [2.05, 4.69) is 86.8 Å². The Morgan fingerprint density at radius 2 is 0.941 bits per heavy atom. The largest absolute Gasteiger partial charge is 0.756 e. The third-order valence-electron chi connectivity index (χ3n) is 12.0. The van der Waals surface area contributed by atoms with Crippen LogP contribution in [0.15, 0.2) is 72.9 Å². The first-order chi connectivity index (χ1) is 32.9. The zero-order valence-corrected chi connectivity index (χ0v) is 45.7. The minimum absolute atomic E-state index is 0.0295. The number of phosphoric acid groups is 1. The standard InChI is InChI=1S/C58H105N2O7P/c1-7-10-13-16-19-22-25-28-30-32-35-38-41-44-47-50-57(61)59-55(54-66-68(63,64)65-53-52-60(4,5)6)56(49-46-43-40-37-34-27-24-21-18-15-12-9-3)67-58(62)51-48-45-42-39-36-33-31-29-26-23-20-17-14-11-8-2/h11,14,17,19-20,22-23,25-26,28,46,49,55-56H,7-10,12-13,15-16,18,21,24,27,29-45,47-48,50-54H2,1-6H3,(H-,59,61,63,64)/b14-11+,20-17+,22-19+,26-23+,28-25+,49-46+. The number of likely N-dealkylation sites (N-methyl/N-ethyl adjacent to an activating group) is 1. The number of unbranched alkanes of at least 4 members (excludes halogenated alkanes) is 26. The number of carbonyl (C=O) groups excluding carboxylic acids is 2. The van der Waals surface area contributed by atoms with Gasteiger partial charge in [0.15, 0.2) is 0 Å². The number of nitrogens with one attached hydrogen (secondary N) is 1. The molecule has 0 radical (unpaired) electrons. The molecule has 0 aliphatic rings. The lowest BCUT2D eigenvalue weighted by molar-refractivity contribution is -0.870. The van der Waals surface area contributed by atoms with Crippen molar-refractivity contribution in [1.82, 2.24) is 5.32 Å². The van der Waals surface area contributed by atoms with Gasteiger partial charge in [0.1, 0.15) is 19.3 Å². The summed E-state index contributed by atoms with van der Waals surface area (Å²) in [4.78, 5) is 39.8. The molecule has 10 heteroatoms. The average Bonchev–Trinajstić information content (AvgIpc) is 3.29. The molecule has 0 rings (SSSR count). The summed E-state index contributed by atoms with van der Waals surface area (Å²) in [5, 5.41) is 3.01. The first kappa shape index (κ1) is 65.5. The van der Waals surface area contributed by atoms with E-state index < -0.39 is 26.6 Å². The highest BCUT2D eigenvalue weighted by Gasteiger charge is 2.27. The van der Waals surface area contributed by atoms with Crippen molar-refractivity contribution in [2.45, 2.75) is 245 Å². The Balaban J connectivity index is 5.42. The number of carbonyl (C=O) groups is 2. The van der Waals surface area contributed by atoms with Gasteiger partial charge in [-0.2, -0.15) is 0 Å². The van der Waals surface area contributed by atoms with E-state index in [0.717, 1.165) is 103 Å². The molecule has 9 nitrogen and oxygen atoms in total. The van der Waals surface area contributed by atoms with Gasteiger partial charge >= 0.3 is 5.97 Å². The quantitative estimate of drug-likeness (QED) is 0.0161. The number of esters is 1. The molecule has 3 atom stereocenters. The number of hydrogen-bond donors (Lipinski definition) is 1. The van der Waals surface area contributed by atoms with Gasteiger partial charge in [0, 0.05) is 12.8 Å². The van der Waals surface area contributed by atoms with Crippen molar-refractivity contribution < 1.29 is 37.3 Å². The molecule has 0 heterocycles. The highest BCUT2D eigenvalue weighted by Crippen LogP contribution is 2.38. The fraction of sp³-hybridized carbons (Fsp3) is 0.759. The summed E-state index contributed by atoms with van der Waals surface area (Å²) in [6.07, 6.45) is 60.0. The molecule has 68 heavy (non-hydrogen) atoms. The van der Waals surface area contributed by atoms with E-state index in [1.54, 1.807) is 0 Å². The topological polar surface area (TPSA) is 114 Å². The lowest BCUT2D eigenvalue weighted by atomic mass is 10.0. The van der Waals surface area contributed by atoms with Crippen LogP contribution in [0, 0.1) is 0 Å². The van der Waals surface area contributed by atoms with Crippen molar-refractivity contribution in [3.8, 4) is 0 Å².